The van der Waals surface area contributed by atoms with Gasteiger partial charge in [0, 0.05) is 19.5 Å². The Kier molecular flexibility index (Phi) is 8.25. The van der Waals surface area contributed by atoms with Crippen molar-refractivity contribution in [3.63, 3.8) is 0 Å². The van der Waals surface area contributed by atoms with Gasteiger partial charge in [0.2, 0.25) is 0 Å². The molecule has 5 nitrogen and oxygen atoms in total. The number of pyridine rings is 2. The van der Waals surface area contributed by atoms with E-state index in [9.17, 15) is 8.78 Å². The molecule has 2 aromatic heterocycles. The van der Waals surface area contributed by atoms with E-state index >= 15 is 0 Å². The third kappa shape index (κ3) is 6.77. The molecule has 2 heterocycles. The molecule has 2 rings (SSSR count). The van der Waals surface area contributed by atoms with E-state index < -0.39 is 0 Å². The number of methoxy groups -OCH3 is 1. The van der Waals surface area contributed by atoms with Crippen LogP contribution in [0.3, 0.4) is 0 Å². The van der Waals surface area contributed by atoms with Crippen molar-refractivity contribution >= 4 is 0 Å². The molecule has 0 bridgehead atoms. The van der Waals surface area contributed by atoms with Crippen molar-refractivity contribution in [2.24, 2.45) is 0 Å². The summed E-state index contributed by atoms with van der Waals surface area (Å²) in [6, 6.07) is 2.69. The van der Waals surface area contributed by atoms with Gasteiger partial charge in [0.05, 0.1) is 24.6 Å². The molecule has 126 valence electrons. The van der Waals surface area contributed by atoms with Crippen LogP contribution < -0.4 is 0 Å². The maximum atomic E-state index is 12.9. The first-order valence-corrected chi connectivity index (χ1v) is 6.87. The molecule has 0 saturated heterocycles. The maximum Gasteiger partial charge on any atom is 0.146 e. The average Bonchev–Trinajstić information content (AvgIpc) is 2.54. The van der Waals surface area contributed by atoms with Crippen LogP contribution in [0.2, 0.25) is 0 Å². The Bertz CT molecular complexity index is 624. The molecule has 0 fully saturated rings. The second-order valence-electron chi connectivity index (χ2n) is 4.73. The summed E-state index contributed by atoms with van der Waals surface area (Å²) in [6.07, 6.45) is 3.05. The van der Waals surface area contributed by atoms with E-state index in [-0.39, 0.29) is 25.0 Å². The van der Waals surface area contributed by atoms with Crippen LogP contribution in [0.1, 0.15) is 22.5 Å². The van der Waals surface area contributed by atoms with Crippen molar-refractivity contribution in [3.05, 3.63) is 58.7 Å². The van der Waals surface area contributed by atoms with Crippen molar-refractivity contribution in [2.45, 2.75) is 27.1 Å². The van der Waals surface area contributed by atoms with Crippen molar-refractivity contribution in [1.29, 1.82) is 0 Å². The summed E-state index contributed by atoms with van der Waals surface area (Å²) in [5.74, 6) is -0.676. The van der Waals surface area contributed by atoms with Gasteiger partial charge in [-0.15, -0.1) is 0 Å². The highest BCUT2D eigenvalue weighted by molar-refractivity contribution is 5.15. The van der Waals surface area contributed by atoms with E-state index in [1.54, 1.807) is 20.0 Å². The standard InChI is InChI=1S/C9H12FNO2.C7H8FNO/c1-7-9(10)3-8(4-11-7)5-13-6-12-2;1-5-7(8)2-6(4-10)3-9-5/h3-4H,5-6H2,1-2H3;2-3,10H,4H2,1H3. The SMILES string of the molecule is COCOCc1cnc(C)c(F)c1.Cc1ncc(CO)cc1F. The van der Waals surface area contributed by atoms with Crippen LogP contribution in [0.25, 0.3) is 0 Å². The zero-order chi connectivity index (χ0) is 17.2. The molecule has 0 spiro atoms. The average molecular weight is 326 g/mol. The molecular weight excluding hydrogens is 306 g/mol. The summed E-state index contributed by atoms with van der Waals surface area (Å²) in [5, 5.41) is 8.55. The Balaban J connectivity index is 0.000000238. The summed E-state index contributed by atoms with van der Waals surface area (Å²) in [6.45, 7) is 3.56. The molecule has 23 heavy (non-hydrogen) atoms. The van der Waals surface area contributed by atoms with E-state index in [4.69, 9.17) is 9.84 Å². The molecule has 7 heteroatoms. The minimum Gasteiger partial charge on any atom is -0.392 e. The number of aromatic nitrogens is 2. The normalized spacial score (nSPS) is 10.2. The fourth-order valence-electron chi connectivity index (χ4n) is 1.50. The molecule has 0 aliphatic carbocycles. The summed E-state index contributed by atoms with van der Waals surface area (Å²) in [5.41, 5.74) is 1.97. The van der Waals surface area contributed by atoms with E-state index in [2.05, 4.69) is 14.7 Å². The molecule has 1 N–H and O–H groups in total. The number of halogens is 2. The summed E-state index contributed by atoms with van der Waals surface area (Å²) in [4.78, 5) is 7.58. The third-order valence-corrected chi connectivity index (χ3v) is 2.82. The Labute approximate surface area is 133 Å². The number of nitrogens with zero attached hydrogens (tertiary/aromatic N) is 2. The summed E-state index contributed by atoms with van der Waals surface area (Å²) >= 11 is 0. The summed E-state index contributed by atoms with van der Waals surface area (Å²) < 4.78 is 35.2. The third-order valence-electron chi connectivity index (χ3n) is 2.82. The molecule has 0 aliphatic heterocycles. The lowest BCUT2D eigenvalue weighted by Crippen LogP contribution is -1.99. The number of aryl methyl sites for hydroxylation is 2. The first-order valence-electron chi connectivity index (χ1n) is 6.87. The van der Waals surface area contributed by atoms with E-state index in [0.717, 1.165) is 0 Å². The predicted octanol–water partition coefficient (Wildman–Crippen LogP) is 2.67. The van der Waals surface area contributed by atoms with E-state index in [1.807, 2.05) is 0 Å². The van der Waals surface area contributed by atoms with Gasteiger partial charge in [0.1, 0.15) is 18.4 Å². The van der Waals surface area contributed by atoms with Gasteiger partial charge in [-0.3, -0.25) is 9.97 Å². The second kappa shape index (κ2) is 9.94. The van der Waals surface area contributed by atoms with Gasteiger partial charge in [0.15, 0.2) is 0 Å². The van der Waals surface area contributed by atoms with Gasteiger partial charge in [-0.05, 0) is 37.1 Å². The van der Waals surface area contributed by atoms with Crippen molar-refractivity contribution in [3.8, 4) is 0 Å². The highest BCUT2D eigenvalue weighted by atomic mass is 19.1. The monoisotopic (exact) mass is 326 g/mol. The van der Waals surface area contributed by atoms with Crippen LogP contribution in [0, 0.1) is 25.5 Å². The fraction of sp³-hybridized carbons (Fsp3) is 0.375. The molecule has 0 amide bonds. The smallest absolute Gasteiger partial charge is 0.146 e. The van der Waals surface area contributed by atoms with Gasteiger partial charge in [-0.2, -0.15) is 0 Å². The highest BCUT2D eigenvalue weighted by Crippen LogP contribution is 2.07. The Hall–Kier alpha value is -1.96. The largest absolute Gasteiger partial charge is 0.392 e. The van der Waals surface area contributed by atoms with E-state index in [0.29, 0.717) is 29.1 Å². The lowest BCUT2D eigenvalue weighted by Gasteiger charge is -2.03. The van der Waals surface area contributed by atoms with Gasteiger partial charge in [-0.25, -0.2) is 8.78 Å². The van der Waals surface area contributed by atoms with Crippen LogP contribution in [-0.2, 0) is 22.7 Å². The Morgan fingerprint density at radius 1 is 1.00 bits per heavy atom. The minimum absolute atomic E-state index is 0.163. The van der Waals surface area contributed by atoms with E-state index in [1.165, 1.54) is 25.4 Å². The Morgan fingerprint density at radius 2 is 1.52 bits per heavy atom. The molecule has 2 aromatic rings. The van der Waals surface area contributed by atoms with Crippen LogP contribution in [0.5, 0.6) is 0 Å². The van der Waals surface area contributed by atoms with Crippen LogP contribution in [0.4, 0.5) is 8.78 Å². The number of ether oxygens (including phenoxy) is 2. The zero-order valence-corrected chi connectivity index (χ0v) is 13.3. The van der Waals surface area contributed by atoms with Crippen molar-refractivity contribution in [1.82, 2.24) is 9.97 Å². The second-order valence-corrected chi connectivity index (χ2v) is 4.73. The first kappa shape index (κ1) is 19.1. The van der Waals surface area contributed by atoms with Crippen molar-refractivity contribution < 1.29 is 23.4 Å². The molecular formula is C16H20F2N2O3. The maximum absolute atomic E-state index is 12.9. The van der Waals surface area contributed by atoms with Gasteiger partial charge >= 0.3 is 0 Å². The zero-order valence-electron chi connectivity index (χ0n) is 13.3. The van der Waals surface area contributed by atoms with Crippen molar-refractivity contribution in [2.75, 3.05) is 13.9 Å². The quantitative estimate of drug-likeness (QED) is 0.676. The molecule has 0 aliphatic rings. The van der Waals surface area contributed by atoms with Gasteiger partial charge in [-0.1, -0.05) is 0 Å². The highest BCUT2D eigenvalue weighted by Gasteiger charge is 2.00. The van der Waals surface area contributed by atoms with Gasteiger partial charge in [0.25, 0.3) is 0 Å². The first-order chi connectivity index (χ1) is 11.0. The number of aliphatic hydroxyl groups is 1. The number of rotatable bonds is 5. The lowest BCUT2D eigenvalue weighted by atomic mass is 10.2. The minimum atomic E-state index is -0.369. The topological polar surface area (TPSA) is 64.5 Å². The number of aliphatic hydroxyl groups excluding tert-OH is 1. The fourth-order valence-corrected chi connectivity index (χ4v) is 1.50. The predicted molar refractivity (Wildman–Crippen MR) is 80.5 cm³/mol. The van der Waals surface area contributed by atoms with Gasteiger partial charge < -0.3 is 14.6 Å². The molecule has 0 saturated carbocycles. The molecule has 0 unspecified atom stereocenters. The van der Waals surface area contributed by atoms with Crippen LogP contribution >= 0.6 is 0 Å². The Morgan fingerprint density at radius 3 is 2.00 bits per heavy atom. The van der Waals surface area contributed by atoms with Crippen LogP contribution in [0.15, 0.2) is 24.5 Å². The summed E-state index contributed by atoms with van der Waals surface area (Å²) in [7, 11) is 1.54. The molecule has 0 radical (unpaired) electrons. The molecule has 0 atom stereocenters. The molecule has 0 aromatic carbocycles. The van der Waals surface area contributed by atoms with Crippen LogP contribution in [-0.4, -0.2) is 29.0 Å². The number of hydrogen-bond donors (Lipinski definition) is 1. The number of hydrogen-bond acceptors (Lipinski definition) is 5. The lowest BCUT2D eigenvalue weighted by molar-refractivity contribution is -0.0392.